The Hall–Kier alpha value is -3.41. The number of rotatable bonds is 48. The zero-order chi connectivity index (χ0) is 47.2. The van der Waals surface area contributed by atoms with E-state index in [4.69, 9.17) is 14.2 Å². The van der Waals surface area contributed by atoms with E-state index in [1.54, 1.807) is 0 Å². The van der Waals surface area contributed by atoms with Gasteiger partial charge in [0, 0.05) is 19.3 Å². The smallest absolute Gasteiger partial charge is 0.306 e. The average Bonchev–Trinajstić information content (AvgIpc) is 3.30. The van der Waals surface area contributed by atoms with Crippen molar-refractivity contribution in [2.75, 3.05) is 13.2 Å². The summed E-state index contributed by atoms with van der Waals surface area (Å²) in [5, 5.41) is 0. The van der Waals surface area contributed by atoms with Crippen LogP contribution in [-0.2, 0) is 28.6 Å². The molecule has 0 aliphatic carbocycles. The van der Waals surface area contributed by atoms with Gasteiger partial charge in [0.25, 0.3) is 0 Å². The lowest BCUT2D eigenvalue weighted by molar-refractivity contribution is -0.167. The molecule has 6 nitrogen and oxygen atoms in total. The maximum Gasteiger partial charge on any atom is 0.306 e. The zero-order valence-corrected chi connectivity index (χ0v) is 42.5. The maximum absolute atomic E-state index is 12.8. The highest BCUT2D eigenvalue weighted by Crippen LogP contribution is 2.15. The van der Waals surface area contributed by atoms with Crippen LogP contribution in [0.4, 0.5) is 0 Å². The standard InChI is InChI=1S/C59H100O6/c1-4-7-10-13-16-19-22-25-27-28-29-30-32-34-37-40-43-46-49-52-58(61)64-55-56(54-63-57(60)51-48-45-42-39-36-33-24-21-18-15-12-9-6-3)65-59(62)53-50-47-44-41-38-35-31-26-23-20-17-14-11-8-5-2/h9,12,15,18,20-21,23-24,28-29,33,36,39,42,56H,4-8,10-11,13-14,16-17,19,22,25-27,30-32,34-35,37-38,40-41,43-55H2,1-3H3/b12-9+,18-15+,23-20+,24-21+,29-28+,36-33+,42-39+. The number of hydrogen-bond donors (Lipinski definition) is 0. The molecule has 0 aromatic rings. The van der Waals surface area contributed by atoms with Gasteiger partial charge in [0.05, 0.1) is 0 Å². The van der Waals surface area contributed by atoms with Crippen molar-refractivity contribution in [2.45, 2.75) is 258 Å². The van der Waals surface area contributed by atoms with E-state index in [2.05, 4.69) is 51.2 Å². The highest BCUT2D eigenvalue weighted by atomic mass is 16.6. The number of carbonyl (C=O) groups excluding carboxylic acids is 3. The molecule has 0 aromatic heterocycles. The van der Waals surface area contributed by atoms with Crippen LogP contribution in [0.25, 0.3) is 0 Å². The Morgan fingerprint density at radius 3 is 1.05 bits per heavy atom. The first kappa shape index (κ1) is 61.6. The van der Waals surface area contributed by atoms with Crippen LogP contribution in [0, 0.1) is 0 Å². The third kappa shape index (κ3) is 51.4. The Labute approximate surface area is 401 Å². The van der Waals surface area contributed by atoms with Crippen LogP contribution < -0.4 is 0 Å². The summed E-state index contributed by atoms with van der Waals surface area (Å²) in [7, 11) is 0. The monoisotopic (exact) mass is 905 g/mol. The molecule has 0 spiro atoms. The number of unbranched alkanes of at least 4 members (excludes halogenated alkanes) is 27. The lowest BCUT2D eigenvalue weighted by atomic mass is 10.1. The molecule has 1 unspecified atom stereocenters. The molecular weight excluding hydrogens is 805 g/mol. The van der Waals surface area contributed by atoms with Crippen molar-refractivity contribution < 1.29 is 28.6 Å². The third-order valence-electron chi connectivity index (χ3n) is 11.5. The van der Waals surface area contributed by atoms with Crippen molar-refractivity contribution in [3.05, 3.63) is 85.1 Å². The van der Waals surface area contributed by atoms with Gasteiger partial charge in [-0.15, -0.1) is 0 Å². The van der Waals surface area contributed by atoms with Gasteiger partial charge < -0.3 is 14.2 Å². The second-order valence-corrected chi connectivity index (χ2v) is 17.9. The largest absolute Gasteiger partial charge is 0.462 e. The van der Waals surface area contributed by atoms with Crippen molar-refractivity contribution in [2.24, 2.45) is 0 Å². The van der Waals surface area contributed by atoms with Crippen molar-refractivity contribution in [1.82, 2.24) is 0 Å². The van der Waals surface area contributed by atoms with E-state index in [9.17, 15) is 14.4 Å². The number of carbonyl (C=O) groups is 3. The van der Waals surface area contributed by atoms with E-state index in [-0.39, 0.29) is 37.5 Å². The Morgan fingerprint density at radius 1 is 0.323 bits per heavy atom. The van der Waals surface area contributed by atoms with Crippen molar-refractivity contribution in [1.29, 1.82) is 0 Å². The Morgan fingerprint density at radius 2 is 0.631 bits per heavy atom. The molecule has 6 heteroatoms. The predicted molar refractivity (Wildman–Crippen MR) is 279 cm³/mol. The fourth-order valence-electron chi connectivity index (χ4n) is 7.40. The molecule has 0 saturated carbocycles. The molecule has 65 heavy (non-hydrogen) atoms. The molecule has 0 heterocycles. The van der Waals surface area contributed by atoms with Gasteiger partial charge in [0.2, 0.25) is 0 Å². The first-order valence-electron chi connectivity index (χ1n) is 27.2. The average molecular weight is 905 g/mol. The second kappa shape index (κ2) is 53.2. The molecular formula is C59H100O6. The van der Waals surface area contributed by atoms with Crippen molar-refractivity contribution in [3.63, 3.8) is 0 Å². The van der Waals surface area contributed by atoms with Crippen LogP contribution in [0.5, 0.6) is 0 Å². The number of ether oxygens (including phenoxy) is 3. The van der Waals surface area contributed by atoms with Gasteiger partial charge in [-0.25, -0.2) is 0 Å². The number of allylic oxidation sites excluding steroid dienone is 14. The number of hydrogen-bond acceptors (Lipinski definition) is 6. The van der Waals surface area contributed by atoms with Crippen LogP contribution in [0.1, 0.15) is 252 Å². The normalized spacial score (nSPS) is 12.7. The molecule has 0 bridgehead atoms. The van der Waals surface area contributed by atoms with E-state index in [1.807, 2.05) is 54.7 Å². The van der Waals surface area contributed by atoms with E-state index in [0.717, 1.165) is 51.4 Å². The van der Waals surface area contributed by atoms with Gasteiger partial charge in [-0.2, -0.15) is 0 Å². The summed E-state index contributed by atoms with van der Waals surface area (Å²) in [5.41, 5.74) is 0. The van der Waals surface area contributed by atoms with E-state index >= 15 is 0 Å². The van der Waals surface area contributed by atoms with Gasteiger partial charge in [-0.05, 0) is 83.5 Å². The third-order valence-corrected chi connectivity index (χ3v) is 11.5. The zero-order valence-electron chi connectivity index (χ0n) is 42.5. The summed E-state index contributed by atoms with van der Waals surface area (Å²) in [6, 6.07) is 0. The molecule has 0 aliphatic heterocycles. The molecule has 0 N–H and O–H groups in total. The van der Waals surface area contributed by atoms with Crippen LogP contribution in [0.3, 0.4) is 0 Å². The SMILES string of the molecule is CC/C=C/C=C/C=C/C=C/C=C/CCCC(=O)OCC(COC(=O)CCCCCCCCC/C=C/CCCCCCCCCC)OC(=O)CCCCCCCCC/C=C/CCCCCC. The van der Waals surface area contributed by atoms with Crippen LogP contribution in [0.15, 0.2) is 85.1 Å². The van der Waals surface area contributed by atoms with Gasteiger partial charge >= 0.3 is 17.9 Å². The van der Waals surface area contributed by atoms with E-state index in [0.29, 0.717) is 19.3 Å². The Bertz CT molecular complexity index is 1270. The molecule has 372 valence electrons. The van der Waals surface area contributed by atoms with Crippen LogP contribution in [-0.4, -0.2) is 37.2 Å². The molecule has 0 amide bonds. The fourth-order valence-corrected chi connectivity index (χ4v) is 7.40. The summed E-state index contributed by atoms with van der Waals surface area (Å²) in [6.07, 6.45) is 68.6. The van der Waals surface area contributed by atoms with Crippen LogP contribution in [0.2, 0.25) is 0 Å². The molecule has 0 rings (SSSR count). The molecule has 0 aromatic carbocycles. The molecule has 0 fully saturated rings. The van der Waals surface area contributed by atoms with E-state index < -0.39 is 6.10 Å². The van der Waals surface area contributed by atoms with Gasteiger partial charge in [-0.3, -0.25) is 14.4 Å². The first-order valence-corrected chi connectivity index (χ1v) is 27.2. The summed E-state index contributed by atoms with van der Waals surface area (Å²) in [5.74, 6) is -0.987. The lowest BCUT2D eigenvalue weighted by Gasteiger charge is -2.18. The van der Waals surface area contributed by atoms with E-state index in [1.165, 1.54) is 154 Å². The summed E-state index contributed by atoms with van der Waals surface area (Å²) >= 11 is 0. The lowest BCUT2D eigenvalue weighted by Crippen LogP contribution is -2.30. The minimum Gasteiger partial charge on any atom is -0.462 e. The Kier molecular flexibility index (Phi) is 50.4. The van der Waals surface area contributed by atoms with Crippen LogP contribution >= 0.6 is 0 Å². The summed E-state index contributed by atoms with van der Waals surface area (Å²) in [6.45, 7) is 6.42. The minimum atomic E-state index is -0.809. The summed E-state index contributed by atoms with van der Waals surface area (Å²) < 4.78 is 16.7. The highest BCUT2D eigenvalue weighted by Gasteiger charge is 2.19. The van der Waals surface area contributed by atoms with Crippen molar-refractivity contribution >= 4 is 17.9 Å². The maximum atomic E-state index is 12.8. The first-order chi connectivity index (χ1) is 32.0. The molecule has 0 saturated heterocycles. The van der Waals surface area contributed by atoms with Gasteiger partial charge in [-0.1, -0.05) is 234 Å². The quantitative estimate of drug-likeness (QED) is 0.0199. The van der Waals surface area contributed by atoms with Gasteiger partial charge in [0.15, 0.2) is 6.10 Å². The summed E-state index contributed by atoms with van der Waals surface area (Å²) in [4.78, 5) is 38.0. The topological polar surface area (TPSA) is 78.9 Å². The predicted octanol–water partition coefficient (Wildman–Crippen LogP) is 18.0. The fraction of sp³-hybridized carbons (Fsp3) is 0.712. The van der Waals surface area contributed by atoms with Gasteiger partial charge in [0.1, 0.15) is 13.2 Å². The molecule has 1 atom stereocenters. The minimum absolute atomic E-state index is 0.103. The van der Waals surface area contributed by atoms with Crippen molar-refractivity contribution in [3.8, 4) is 0 Å². The number of esters is 3. The highest BCUT2D eigenvalue weighted by molar-refractivity contribution is 5.71. The second-order valence-electron chi connectivity index (χ2n) is 17.9. The Balaban J connectivity index is 4.44. The molecule has 0 aliphatic rings. The molecule has 0 radical (unpaired) electrons.